The Hall–Kier alpha value is -2.57. The van der Waals surface area contributed by atoms with Gasteiger partial charge in [-0.25, -0.2) is 9.59 Å². The second-order valence-electron chi connectivity index (χ2n) is 6.06. The van der Waals surface area contributed by atoms with Crippen LogP contribution >= 0.6 is 0 Å². The SMILES string of the molecule is CC[C@H](C)NC(=O)NC(=O)COC(=O)COc1ccc2c(c1)CCC2. The van der Waals surface area contributed by atoms with E-state index in [4.69, 9.17) is 9.47 Å². The van der Waals surface area contributed by atoms with E-state index in [1.165, 1.54) is 11.1 Å². The quantitative estimate of drug-likeness (QED) is 0.732. The molecule has 0 spiro atoms. The fourth-order valence-electron chi connectivity index (χ4n) is 2.49. The highest BCUT2D eigenvalue weighted by Crippen LogP contribution is 2.25. The van der Waals surface area contributed by atoms with Gasteiger partial charge in [0.05, 0.1) is 0 Å². The fraction of sp³-hybridized carbons (Fsp3) is 0.500. The van der Waals surface area contributed by atoms with E-state index in [1.54, 1.807) is 0 Å². The van der Waals surface area contributed by atoms with Crippen LogP contribution in [-0.2, 0) is 27.2 Å². The van der Waals surface area contributed by atoms with Gasteiger partial charge in [-0.2, -0.15) is 0 Å². The predicted octanol–water partition coefficient (Wildman–Crippen LogP) is 1.72. The van der Waals surface area contributed by atoms with Crippen LogP contribution in [0.1, 0.15) is 37.8 Å². The summed E-state index contributed by atoms with van der Waals surface area (Å²) in [6.45, 7) is 2.92. The van der Waals surface area contributed by atoms with Gasteiger partial charge in [-0.15, -0.1) is 0 Å². The van der Waals surface area contributed by atoms with Crippen LogP contribution in [0.4, 0.5) is 4.79 Å². The van der Waals surface area contributed by atoms with Crippen LogP contribution in [0.15, 0.2) is 18.2 Å². The van der Waals surface area contributed by atoms with Gasteiger partial charge < -0.3 is 14.8 Å². The first-order valence-electron chi connectivity index (χ1n) is 8.48. The number of aryl methyl sites for hydroxylation is 2. The Labute approximate surface area is 147 Å². The molecule has 1 aliphatic rings. The van der Waals surface area contributed by atoms with Crippen LogP contribution in [0.2, 0.25) is 0 Å². The average molecular weight is 348 g/mol. The van der Waals surface area contributed by atoms with Crippen molar-refractivity contribution >= 4 is 17.9 Å². The largest absolute Gasteiger partial charge is 0.482 e. The molecule has 25 heavy (non-hydrogen) atoms. The van der Waals surface area contributed by atoms with Crippen LogP contribution < -0.4 is 15.4 Å². The second kappa shape index (κ2) is 9.05. The summed E-state index contributed by atoms with van der Waals surface area (Å²) >= 11 is 0. The molecule has 0 fully saturated rings. The maximum atomic E-state index is 11.6. The minimum absolute atomic E-state index is 0.0453. The van der Waals surface area contributed by atoms with Crippen molar-refractivity contribution in [3.05, 3.63) is 29.3 Å². The Morgan fingerprint density at radius 3 is 2.68 bits per heavy atom. The smallest absolute Gasteiger partial charge is 0.344 e. The van der Waals surface area contributed by atoms with E-state index in [0.717, 1.165) is 25.7 Å². The monoisotopic (exact) mass is 348 g/mol. The van der Waals surface area contributed by atoms with E-state index in [0.29, 0.717) is 5.75 Å². The fourth-order valence-corrected chi connectivity index (χ4v) is 2.49. The molecule has 3 amide bonds. The third kappa shape index (κ3) is 6.10. The number of urea groups is 1. The summed E-state index contributed by atoms with van der Waals surface area (Å²) in [5, 5.41) is 4.67. The Balaban J connectivity index is 1.66. The molecule has 0 unspecified atom stereocenters. The van der Waals surface area contributed by atoms with Crippen molar-refractivity contribution in [2.45, 2.75) is 45.6 Å². The number of fused-ring (bicyclic) bond motifs is 1. The number of ether oxygens (including phenoxy) is 2. The first-order chi connectivity index (χ1) is 12.0. The number of rotatable bonds is 7. The van der Waals surface area contributed by atoms with Crippen LogP contribution in [-0.4, -0.2) is 37.2 Å². The average Bonchev–Trinajstić information content (AvgIpc) is 3.05. The molecule has 1 aromatic carbocycles. The zero-order valence-corrected chi connectivity index (χ0v) is 14.6. The highest BCUT2D eigenvalue weighted by atomic mass is 16.6. The standard InChI is InChI=1S/C18H24N2O5/c1-3-12(2)19-18(23)20-16(21)10-25-17(22)11-24-15-8-7-13-5-4-6-14(13)9-15/h7-9,12H,3-6,10-11H2,1-2H3,(H2,19,20,21,23)/t12-/m0/s1. The third-order valence-electron chi connectivity index (χ3n) is 4.03. The number of esters is 1. The van der Waals surface area contributed by atoms with E-state index in [9.17, 15) is 14.4 Å². The van der Waals surface area contributed by atoms with Crippen molar-refractivity contribution in [3.8, 4) is 5.75 Å². The number of nitrogens with one attached hydrogen (secondary N) is 2. The second-order valence-corrected chi connectivity index (χ2v) is 6.06. The van der Waals surface area contributed by atoms with Crippen molar-refractivity contribution in [3.63, 3.8) is 0 Å². The van der Waals surface area contributed by atoms with Gasteiger partial charge in [0.2, 0.25) is 0 Å². The number of hydrogen-bond acceptors (Lipinski definition) is 5. The maximum Gasteiger partial charge on any atom is 0.344 e. The molecule has 0 aromatic heterocycles. The number of carbonyl (C=O) groups excluding carboxylic acids is 3. The topological polar surface area (TPSA) is 93.7 Å². The lowest BCUT2D eigenvalue weighted by Crippen LogP contribution is -2.44. The lowest BCUT2D eigenvalue weighted by Gasteiger charge is -2.12. The van der Waals surface area contributed by atoms with Crippen molar-refractivity contribution in [2.75, 3.05) is 13.2 Å². The molecule has 7 heteroatoms. The first-order valence-corrected chi connectivity index (χ1v) is 8.48. The van der Waals surface area contributed by atoms with Crippen LogP contribution in [0.5, 0.6) is 5.75 Å². The van der Waals surface area contributed by atoms with Crippen molar-refractivity contribution in [1.29, 1.82) is 0 Å². The van der Waals surface area contributed by atoms with Crippen molar-refractivity contribution in [1.82, 2.24) is 10.6 Å². The summed E-state index contributed by atoms with van der Waals surface area (Å²) in [4.78, 5) is 34.6. The summed E-state index contributed by atoms with van der Waals surface area (Å²) < 4.78 is 10.2. The van der Waals surface area contributed by atoms with E-state index >= 15 is 0 Å². The highest BCUT2D eigenvalue weighted by molar-refractivity contribution is 5.95. The molecule has 1 aliphatic carbocycles. The minimum Gasteiger partial charge on any atom is -0.482 e. The normalized spacial score (nSPS) is 13.5. The van der Waals surface area contributed by atoms with E-state index in [1.807, 2.05) is 32.0 Å². The van der Waals surface area contributed by atoms with E-state index in [2.05, 4.69) is 10.6 Å². The Kier molecular flexibility index (Phi) is 6.80. The number of carbonyl (C=O) groups is 3. The van der Waals surface area contributed by atoms with Crippen LogP contribution in [0.3, 0.4) is 0 Å². The lowest BCUT2D eigenvalue weighted by atomic mass is 10.1. The van der Waals surface area contributed by atoms with Gasteiger partial charge in [-0.05, 0) is 55.9 Å². The van der Waals surface area contributed by atoms with Crippen LogP contribution in [0, 0.1) is 0 Å². The zero-order valence-electron chi connectivity index (χ0n) is 14.6. The van der Waals surface area contributed by atoms with Gasteiger partial charge in [0, 0.05) is 6.04 Å². The van der Waals surface area contributed by atoms with Gasteiger partial charge in [-0.3, -0.25) is 10.1 Å². The molecule has 1 atom stereocenters. The number of hydrogen-bond donors (Lipinski definition) is 2. The van der Waals surface area contributed by atoms with Crippen LogP contribution in [0.25, 0.3) is 0 Å². The Morgan fingerprint density at radius 1 is 1.16 bits per heavy atom. The van der Waals surface area contributed by atoms with Gasteiger partial charge >= 0.3 is 12.0 Å². The first kappa shape index (κ1) is 18.8. The van der Waals surface area contributed by atoms with E-state index < -0.39 is 24.5 Å². The number of amides is 3. The summed E-state index contributed by atoms with van der Waals surface area (Å²) in [6, 6.07) is 5.11. The third-order valence-corrected chi connectivity index (χ3v) is 4.03. The molecule has 0 radical (unpaired) electrons. The molecule has 2 N–H and O–H groups in total. The maximum absolute atomic E-state index is 11.6. The molecule has 2 rings (SSSR count). The molecule has 0 aliphatic heterocycles. The zero-order chi connectivity index (χ0) is 18.2. The van der Waals surface area contributed by atoms with Gasteiger partial charge in [0.25, 0.3) is 5.91 Å². The molecule has 0 saturated heterocycles. The highest BCUT2D eigenvalue weighted by Gasteiger charge is 2.14. The summed E-state index contributed by atoms with van der Waals surface area (Å²) in [6.07, 6.45) is 3.99. The van der Waals surface area contributed by atoms with Gasteiger partial charge in [0.1, 0.15) is 5.75 Å². The minimum atomic E-state index is -0.688. The molecule has 136 valence electrons. The molecular weight excluding hydrogens is 324 g/mol. The Morgan fingerprint density at radius 2 is 1.92 bits per heavy atom. The lowest BCUT2D eigenvalue weighted by molar-refractivity contribution is -0.150. The molecule has 0 bridgehead atoms. The number of imide groups is 1. The Bertz CT molecular complexity index is 644. The molecule has 0 saturated carbocycles. The predicted molar refractivity (Wildman–Crippen MR) is 91.3 cm³/mol. The number of benzene rings is 1. The summed E-state index contributed by atoms with van der Waals surface area (Å²) in [5.74, 6) is -0.750. The summed E-state index contributed by atoms with van der Waals surface area (Å²) in [5.41, 5.74) is 2.57. The van der Waals surface area contributed by atoms with Gasteiger partial charge in [-0.1, -0.05) is 13.0 Å². The van der Waals surface area contributed by atoms with Gasteiger partial charge in [0.15, 0.2) is 13.2 Å². The van der Waals surface area contributed by atoms with Crippen molar-refractivity contribution < 1.29 is 23.9 Å². The molecule has 7 nitrogen and oxygen atoms in total. The molecule has 1 aromatic rings. The summed E-state index contributed by atoms with van der Waals surface area (Å²) in [7, 11) is 0. The molecule has 0 heterocycles. The molecular formula is C18H24N2O5. The van der Waals surface area contributed by atoms with E-state index in [-0.39, 0.29) is 12.6 Å². The van der Waals surface area contributed by atoms with Crippen molar-refractivity contribution in [2.24, 2.45) is 0 Å².